The van der Waals surface area contributed by atoms with Gasteiger partial charge in [0.05, 0.1) is 24.7 Å². The molecule has 1 aliphatic heterocycles. The lowest BCUT2D eigenvalue weighted by atomic mass is 9.91. The summed E-state index contributed by atoms with van der Waals surface area (Å²) in [6.07, 6.45) is -1.03. The van der Waals surface area contributed by atoms with Gasteiger partial charge in [-0.05, 0) is 38.3 Å². The third-order valence-corrected chi connectivity index (χ3v) is 3.68. The molecule has 2 rings (SSSR count). The Kier molecular flexibility index (Phi) is 5.13. The average molecular weight is 318 g/mol. The van der Waals surface area contributed by atoms with Gasteiger partial charge >= 0.3 is 6.09 Å². The van der Waals surface area contributed by atoms with Crippen LogP contribution in [0.1, 0.15) is 38.8 Å². The lowest BCUT2D eigenvalue weighted by molar-refractivity contribution is -0.0192. The molecule has 7 nitrogen and oxygen atoms in total. The number of hydrogen-bond acceptors (Lipinski definition) is 4. The van der Waals surface area contributed by atoms with Crippen LogP contribution in [0.2, 0.25) is 0 Å². The standard InChI is InChI=1S/C16H22N4O3/c1-16(2,3)23-15(22)20-10-14(21)12(18-19-17)9-13(20)11-7-5-4-6-8-11/h4-8,12-14,21H,9-10H2,1-3H3/t12-,13-,14-/m0/s1. The summed E-state index contributed by atoms with van der Waals surface area (Å²) in [5, 5.41) is 13.8. The first kappa shape index (κ1) is 17.1. The number of hydrogen-bond donors (Lipinski definition) is 1. The zero-order valence-electron chi connectivity index (χ0n) is 13.6. The predicted octanol–water partition coefficient (Wildman–Crippen LogP) is 3.41. The highest BCUT2D eigenvalue weighted by Gasteiger charge is 2.39. The SMILES string of the molecule is CC(C)(C)OC(=O)N1C[C@H](O)[C@@H](N=[N+]=[N-])C[C@H]1c1ccccc1. The smallest absolute Gasteiger partial charge is 0.410 e. The van der Waals surface area contributed by atoms with Crippen molar-refractivity contribution in [3.05, 3.63) is 46.3 Å². The van der Waals surface area contributed by atoms with Crippen molar-refractivity contribution in [3.63, 3.8) is 0 Å². The minimum atomic E-state index is -0.904. The minimum Gasteiger partial charge on any atom is -0.444 e. The zero-order valence-corrected chi connectivity index (χ0v) is 13.6. The molecule has 1 heterocycles. The molecule has 3 atom stereocenters. The number of carbonyl (C=O) groups is 1. The molecule has 0 saturated carbocycles. The zero-order chi connectivity index (χ0) is 17.0. The molecule has 1 aromatic carbocycles. The number of nitrogens with zero attached hydrogens (tertiary/aromatic N) is 4. The third-order valence-electron chi connectivity index (χ3n) is 3.68. The van der Waals surface area contributed by atoms with Crippen LogP contribution in [0, 0.1) is 0 Å². The second kappa shape index (κ2) is 6.89. The molecule has 0 bridgehead atoms. The van der Waals surface area contributed by atoms with Crippen LogP contribution in [0.4, 0.5) is 4.79 Å². The fourth-order valence-corrected chi connectivity index (χ4v) is 2.67. The molecule has 0 spiro atoms. The first-order valence-electron chi connectivity index (χ1n) is 7.58. The number of benzene rings is 1. The largest absolute Gasteiger partial charge is 0.444 e. The van der Waals surface area contributed by atoms with Crippen molar-refractivity contribution < 1.29 is 14.6 Å². The number of rotatable bonds is 2. The lowest BCUT2D eigenvalue weighted by Gasteiger charge is -2.41. The second-order valence-electron chi connectivity index (χ2n) is 6.63. The number of ether oxygens (including phenoxy) is 1. The molecular weight excluding hydrogens is 296 g/mol. The predicted molar refractivity (Wildman–Crippen MR) is 85.7 cm³/mol. The van der Waals surface area contributed by atoms with E-state index >= 15 is 0 Å². The summed E-state index contributed by atoms with van der Waals surface area (Å²) in [5.41, 5.74) is 8.96. The topological polar surface area (TPSA) is 98.5 Å². The first-order valence-corrected chi connectivity index (χ1v) is 7.58. The van der Waals surface area contributed by atoms with Crippen LogP contribution >= 0.6 is 0 Å². The fourth-order valence-electron chi connectivity index (χ4n) is 2.67. The van der Waals surface area contributed by atoms with E-state index in [1.807, 2.05) is 30.3 Å². The van der Waals surface area contributed by atoms with Crippen LogP contribution < -0.4 is 0 Å². The highest BCUT2D eigenvalue weighted by Crippen LogP contribution is 2.33. The van der Waals surface area contributed by atoms with Gasteiger partial charge in [0, 0.05) is 4.91 Å². The highest BCUT2D eigenvalue weighted by atomic mass is 16.6. The van der Waals surface area contributed by atoms with Crippen LogP contribution in [0.15, 0.2) is 35.4 Å². The number of likely N-dealkylation sites (tertiary alicyclic amines) is 1. The van der Waals surface area contributed by atoms with E-state index in [0.717, 1.165) is 5.56 Å². The van der Waals surface area contributed by atoms with Gasteiger partial charge < -0.3 is 9.84 Å². The highest BCUT2D eigenvalue weighted by molar-refractivity contribution is 5.69. The summed E-state index contributed by atoms with van der Waals surface area (Å²) >= 11 is 0. The summed E-state index contributed by atoms with van der Waals surface area (Å²) in [5.74, 6) is 0. The van der Waals surface area contributed by atoms with Gasteiger partial charge in [-0.25, -0.2) is 4.79 Å². The monoisotopic (exact) mass is 318 g/mol. The molecule has 1 aliphatic rings. The van der Waals surface area contributed by atoms with Crippen molar-refractivity contribution in [1.29, 1.82) is 0 Å². The van der Waals surface area contributed by atoms with Crippen LogP contribution in [0.25, 0.3) is 10.4 Å². The lowest BCUT2D eigenvalue weighted by Crippen LogP contribution is -2.51. The van der Waals surface area contributed by atoms with Crippen LogP contribution in [-0.4, -0.2) is 40.4 Å². The number of aliphatic hydroxyl groups excluding tert-OH is 1. The molecular formula is C16H22N4O3. The van der Waals surface area contributed by atoms with Crippen molar-refractivity contribution in [2.75, 3.05) is 6.54 Å². The molecule has 1 fully saturated rings. The van der Waals surface area contributed by atoms with Gasteiger partial charge in [0.15, 0.2) is 0 Å². The van der Waals surface area contributed by atoms with Crippen molar-refractivity contribution in [3.8, 4) is 0 Å². The summed E-state index contributed by atoms with van der Waals surface area (Å²) in [6.45, 7) is 5.46. The van der Waals surface area contributed by atoms with Crippen LogP contribution in [0.3, 0.4) is 0 Å². The van der Waals surface area contributed by atoms with E-state index in [2.05, 4.69) is 10.0 Å². The van der Waals surface area contributed by atoms with Gasteiger partial charge in [-0.3, -0.25) is 4.90 Å². The summed E-state index contributed by atoms with van der Waals surface area (Å²) in [4.78, 5) is 16.8. The number of azide groups is 1. The maximum absolute atomic E-state index is 12.5. The third kappa shape index (κ3) is 4.37. The van der Waals surface area contributed by atoms with E-state index in [-0.39, 0.29) is 12.6 Å². The Morgan fingerprint density at radius 1 is 1.39 bits per heavy atom. The first-order chi connectivity index (χ1) is 10.8. The molecule has 1 amide bonds. The molecule has 23 heavy (non-hydrogen) atoms. The summed E-state index contributed by atoms with van der Waals surface area (Å²) < 4.78 is 5.44. The van der Waals surface area contributed by atoms with Crippen molar-refractivity contribution in [2.45, 2.75) is 51.0 Å². The Hall–Kier alpha value is -2.24. The van der Waals surface area contributed by atoms with Gasteiger partial charge in [-0.2, -0.15) is 0 Å². The molecule has 1 N–H and O–H groups in total. The number of aliphatic hydroxyl groups is 1. The minimum absolute atomic E-state index is 0.0676. The van der Waals surface area contributed by atoms with Gasteiger partial charge in [-0.15, -0.1) is 0 Å². The summed E-state index contributed by atoms with van der Waals surface area (Å²) in [7, 11) is 0. The Morgan fingerprint density at radius 2 is 2.04 bits per heavy atom. The maximum atomic E-state index is 12.5. The van der Waals surface area contributed by atoms with Gasteiger partial charge in [0.25, 0.3) is 0 Å². The average Bonchev–Trinajstić information content (AvgIpc) is 2.48. The van der Waals surface area contributed by atoms with E-state index in [0.29, 0.717) is 6.42 Å². The number of β-amino-alcohol motifs (C(OH)–C–C–N with tert-alkyl or cyclic N) is 1. The van der Waals surface area contributed by atoms with E-state index in [1.54, 1.807) is 20.8 Å². The van der Waals surface area contributed by atoms with Crippen LogP contribution in [-0.2, 0) is 4.74 Å². The summed E-state index contributed by atoms with van der Waals surface area (Å²) in [6, 6.07) is 8.62. The van der Waals surface area contributed by atoms with E-state index in [1.165, 1.54) is 4.90 Å². The van der Waals surface area contributed by atoms with Crippen molar-refractivity contribution in [1.82, 2.24) is 4.90 Å². The van der Waals surface area contributed by atoms with Crippen LogP contribution in [0.5, 0.6) is 0 Å². The molecule has 0 aromatic heterocycles. The molecule has 0 radical (unpaired) electrons. The molecule has 0 unspecified atom stereocenters. The Morgan fingerprint density at radius 3 is 2.61 bits per heavy atom. The van der Waals surface area contributed by atoms with E-state index in [4.69, 9.17) is 10.3 Å². The Balaban J connectivity index is 2.30. The van der Waals surface area contributed by atoms with Gasteiger partial charge in [0.1, 0.15) is 5.60 Å². The molecule has 1 saturated heterocycles. The second-order valence-corrected chi connectivity index (χ2v) is 6.63. The number of amides is 1. The number of piperidine rings is 1. The Bertz CT molecular complexity index is 593. The van der Waals surface area contributed by atoms with Crippen molar-refractivity contribution in [2.24, 2.45) is 5.11 Å². The molecule has 7 heteroatoms. The van der Waals surface area contributed by atoms with Crippen molar-refractivity contribution >= 4 is 6.09 Å². The van der Waals surface area contributed by atoms with Gasteiger partial charge in [-0.1, -0.05) is 35.4 Å². The maximum Gasteiger partial charge on any atom is 0.410 e. The molecule has 0 aliphatic carbocycles. The normalized spacial score (nSPS) is 24.7. The molecule has 1 aromatic rings. The quantitative estimate of drug-likeness (QED) is 0.514. The van der Waals surface area contributed by atoms with Gasteiger partial charge in [0.2, 0.25) is 0 Å². The van der Waals surface area contributed by atoms with E-state index < -0.39 is 23.8 Å². The number of carbonyl (C=O) groups excluding carboxylic acids is 1. The fraction of sp³-hybridized carbons (Fsp3) is 0.562. The Labute approximate surface area is 135 Å². The molecule has 124 valence electrons. The van der Waals surface area contributed by atoms with E-state index in [9.17, 15) is 9.90 Å².